The summed E-state index contributed by atoms with van der Waals surface area (Å²) in [6.07, 6.45) is 0.666. The van der Waals surface area contributed by atoms with Crippen molar-refractivity contribution in [3.63, 3.8) is 0 Å². The number of carbonyl (C=O) groups excluding carboxylic acids is 1. The van der Waals surface area contributed by atoms with Crippen LogP contribution in [0.1, 0.15) is 11.1 Å². The fraction of sp³-hybridized carbons (Fsp3) is 0.188. The summed E-state index contributed by atoms with van der Waals surface area (Å²) in [4.78, 5) is 10.9. The van der Waals surface area contributed by atoms with Crippen LogP contribution in [0.4, 0.5) is 0 Å². The summed E-state index contributed by atoms with van der Waals surface area (Å²) in [6.45, 7) is -0.144. The van der Waals surface area contributed by atoms with Gasteiger partial charge in [0.25, 0.3) is 5.91 Å². The zero-order valence-electron chi connectivity index (χ0n) is 11.3. The van der Waals surface area contributed by atoms with Crippen LogP contribution in [0.2, 0.25) is 0 Å². The monoisotopic (exact) mass is 271 g/mol. The molecule has 20 heavy (non-hydrogen) atoms. The number of methoxy groups -OCH3 is 1. The maximum Gasteiger partial charge on any atom is 0.255 e. The van der Waals surface area contributed by atoms with Crippen molar-refractivity contribution in [3.05, 3.63) is 59.7 Å². The molecule has 2 rings (SSSR count). The zero-order chi connectivity index (χ0) is 14.4. The normalized spacial score (nSPS) is 10.1. The van der Waals surface area contributed by atoms with Crippen molar-refractivity contribution in [3.8, 4) is 11.5 Å². The fourth-order valence-electron chi connectivity index (χ4n) is 2.00. The average Bonchev–Trinajstić information content (AvgIpc) is 2.47. The number of ether oxygens (including phenoxy) is 2. The van der Waals surface area contributed by atoms with Crippen LogP contribution in [0.15, 0.2) is 48.5 Å². The van der Waals surface area contributed by atoms with Crippen LogP contribution in [0.25, 0.3) is 0 Å². The molecule has 0 saturated carbocycles. The van der Waals surface area contributed by atoms with Crippen LogP contribution in [-0.4, -0.2) is 19.6 Å². The van der Waals surface area contributed by atoms with E-state index in [1.807, 2.05) is 48.5 Å². The van der Waals surface area contributed by atoms with Crippen LogP contribution in [-0.2, 0) is 11.2 Å². The molecule has 0 saturated heterocycles. The lowest BCUT2D eigenvalue weighted by Crippen LogP contribution is -2.20. The van der Waals surface area contributed by atoms with Crippen LogP contribution < -0.4 is 15.2 Å². The Morgan fingerprint density at radius 2 is 1.75 bits per heavy atom. The van der Waals surface area contributed by atoms with E-state index >= 15 is 0 Å². The molecular formula is C16H17NO3. The van der Waals surface area contributed by atoms with E-state index in [-0.39, 0.29) is 6.61 Å². The summed E-state index contributed by atoms with van der Waals surface area (Å²) in [5.74, 6) is 0.848. The maximum atomic E-state index is 10.9. The molecular weight excluding hydrogens is 254 g/mol. The highest BCUT2D eigenvalue weighted by Gasteiger charge is 2.11. The van der Waals surface area contributed by atoms with Crippen molar-refractivity contribution in [1.82, 2.24) is 0 Å². The molecule has 0 bridgehead atoms. The van der Waals surface area contributed by atoms with Gasteiger partial charge in [-0.1, -0.05) is 36.4 Å². The minimum absolute atomic E-state index is 0.144. The molecule has 2 aromatic carbocycles. The lowest BCUT2D eigenvalue weighted by Gasteiger charge is -2.14. The van der Waals surface area contributed by atoms with Crippen molar-refractivity contribution < 1.29 is 14.3 Å². The summed E-state index contributed by atoms with van der Waals surface area (Å²) in [5.41, 5.74) is 7.16. The fourth-order valence-corrected chi connectivity index (χ4v) is 2.00. The number of nitrogens with two attached hydrogens (primary N) is 1. The summed E-state index contributed by atoms with van der Waals surface area (Å²) in [6, 6.07) is 15.5. The molecule has 0 aliphatic rings. The number of primary amides is 1. The first-order valence-electron chi connectivity index (χ1n) is 6.31. The first-order valence-corrected chi connectivity index (χ1v) is 6.31. The van der Waals surface area contributed by atoms with Gasteiger partial charge in [0.1, 0.15) is 11.5 Å². The summed E-state index contributed by atoms with van der Waals surface area (Å²) < 4.78 is 10.8. The molecule has 104 valence electrons. The topological polar surface area (TPSA) is 61.6 Å². The predicted octanol–water partition coefficient (Wildman–Crippen LogP) is 2.15. The third-order valence-corrected chi connectivity index (χ3v) is 2.90. The van der Waals surface area contributed by atoms with E-state index in [1.165, 1.54) is 0 Å². The quantitative estimate of drug-likeness (QED) is 0.875. The predicted molar refractivity (Wildman–Crippen MR) is 76.9 cm³/mol. The molecule has 0 spiro atoms. The highest BCUT2D eigenvalue weighted by Crippen LogP contribution is 2.30. The van der Waals surface area contributed by atoms with Crippen LogP contribution in [0.5, 0.6) is 11.5 Å². The first kappa shape index (κ1) is 13.9. The largest absolute Gasteiger partial charge is 0.496 e. The Hall–Kier alpha value is -2.49. The molecule has 0 aliphatic heterocycles. The Morgan fingerprint density at radius 1 is 1.05 bits per heavy atom. The SMILES string of the molecule is COc1cccc(OCC(N)=O)c1Cc1ccccc1. The highest BCUT2D eigenvalue weighted by atomic mass is 16.5. The summed E-state index contributed by atoms with van der Waals surface area (Å²) in [5, 5.41) is 0. The number of carbonyl (C=O) groups is 1. The molecule has 0 unspecified atom stereocenters. The smallest absolute Gasteiger partial charge is 0.255 e. The van der Waals surface area contributed by atoms with Crippen molar-refractivity contribution in [1.29, 1.82) is 0 Å². The third kappa shape index (κ3) is 3.51. The van der Waals surface area contributed by atoms with Gasteiger partial charge in [-0.3, -0.25) is 4.79 Å². The molecule has 0 fully saturated rings. The Kier molecular flexibility index (Phi) is 4.60. The van der Waals surface area contributed by atoms with Gasteiger partial charge < -0.3 is 15.2 Å². The van der Waals surface area contributed by atoms with Crippen LogP contribution in [0, 0.1) is 0 Å². The molecule has 0 aliphatic carbocycles. The van der Waals surface area contributed by atoms with Gasteiger partial charge in [0, 0.05) is 12.0 Å². The number of hydrogen-bond donors (Lipinski definition) is 1. The van der Waals surface area contributed by atoms with Crippen molar-refractivity contribution in [2.75, 3.05) is 13.7 Å². The van der Waals surface area contributed by atoms with Gasteiger partial charge in [0.2, 0.25) is 0 Å². The zero-order valence-corrected chi connectivity index (χ0v) is 11.3. The molecule has 4 nitrogen and oxygen atoms in total. The van der Waals surface area contributed by atoms with Gasteiger partial charge in [0.05, 0.1) is 7.11 Å². The standard InChI is InChI=1S/C16H17NO3/c1-19-14-8-5-9-15(20-11-16(17)18)13(14)10-12-6-3-2-4-7-12/h2-9H,10-11H2,1H3,(H2,17,18). The van der Waals surface area contributed by atoms with Gasteiger partial charge in [-0.15, -0.1) is 0 Å². The molecule has 1 amide bonds. The molecule has 0 aromatic heterocycles. The number of benzene rings is 2. The van der Waals surface area contributed by atoms with Crippen LogP contribution >= 0.6 is 0 Å². The van der Waals surface area contributed by atoms with E-state index in [1.54, 1.807) is 7.11 Å². The van der Waals surface area contributed by atoms with Crippen molar-refractivity contribution >= 4 is 5.91 Å². The van der Waals surface area contributed by atoms with Gasteiger partial charge in [-0.25, -0.2) is 0 Å². The minimum atomic E-state index is -0.501. The van der Waals surface area contributed by atoms with Gasteiger partial charge >= 0.3 is 0 Å². The van der Waals surface area contributed by atoms with Crippen LogP contribution in [0.3, 0.4) is 0 Å². The van der Waals surface area contributed by atoms with Crippen molar-refractivity contribution in [2.45, 2.75) is 6.42 Å². The van der Waals surface area contributed by atoms with Crippen molar-refractivity contribution in [2.24, 2.45) is 5.73 Å². The second-order valence-electron chi connectivity index (χ2n) is 4.35. The average molecular weight is 271 g/mol. The molecule has 0 heterocycles. The lowest BCUT2D eigenvalue weighted by molar-refractivity contribution is -0.119. The van der Waals surface area contributed by atoms with E-state index in [4.69, 9.17) is 15.2 Å². The number of amides is 1. The molecule has 2 aromatic rings. The van der Waals surface area contributed by atoms with E-state index in [9.17, 15) is 4.79 Å². The maximum absolute atomic E-state index is 10.9. The molecule has 2 N–H and O–H groups in total. The minimum Gasteiger partial charge on any atom is -0.496 e. The van der Waals surface area contributed by atoms with Gasteiger partial charge in [-0.2, -0.15) is 0 Å². The Balaban J connectivity index is 2.30. The second kappa shape index (κ2) is 6.61. The summed E-state index contributed by atoms with van der Waals surface area (Å²) >= 11 is 0. The Bertz CT molecular complexity index is 582. The highest BCUT2D eigenvalue weighted by molar-refractivity contribution is 5.75. The lowest BCUT2D eigenvalue weighted by atomic mass is 10.0. The van der Waals surface area contributed by atoms with E-state index < -0.39 is 5.91 Å². The number of hydrogen-bond acceptors (Lipinski definition) is 3. The van der Waals surface area contributed by atoms with Gasteiger partial charge in [0.15, 0.2) is 6.61 Å². The molecule has 0 radical (unpaired) electrons. The molecule has 0 atom stereocenters. The number of rotatable bonds is 6. The van der Waals surface area contributed by atoms with E-state index in [2.05, 4.69) is 0 Å². The van der Waals surface area contributed by atoms with E-state index in [0.29, 0.717) is 12.2 Å². The van der Waals surface area contributed by atoms with Gasteiger partial charge in [-0.05, 0) is 17.7 Å². The summed E-state index contributed by atoms with van der Waals surface area (Å²) in [7, 11) is 1.61. The molecule has 4 heteroatoms. The third-order valence-electron chi connectivity index (χ3n) is 2.90. The Labute approximate surface area is 118 Å². The second-order valence-corrected chi connectivity index (χ2v) is 4.35. The Morgan fingerprint density at radius 3 is 2.40 bits per heavy atom. The van der Waals surface area contributed by atoms with E-state index in [0.717, 1.165) is 16.9 Å². The first-order chi connectivity index (χ1) is 9.70.